The molecule has 7 nitrogen and oxygen atoms in total. The van der Waals surface area contributed by atoms with Gasteiger partial charge in [-0.1, -0.05) is 0 Å². The van der Waals surface area contributed by atoms with E-state index >= 15 is 0 Å². The molecule has 1 unspecified atom stereocenters. The minimum atomic E-state index is -1.24. The van der Waals surface area contributed by atoms with Crippen LogP contribution in [-0.4, -0.2) is 48.4 Å². The Labute approximate surface area is 114 Å². The lowest BCUT2D eigenvalue weighted by molar-refractivity contribution is 0.0696. The number of hydrogen-bond acceptors (Lipinski definition) is 5. The number of amides is 1. The lowest BCUT2D eigenvalue weighted by Crippen LogP contribution is -2.37. The zero-order valence-electron chi connectivity index (χ0n) is 10.8. The molecule has 1 saturated heterocycles. The summed E-state index contributed by atoms with van der Waals surface area (Å²) < 4.78 is 17.6. The van der Waals surface area contributed by atoms with E-state index in [4.69, 9.17) is 5.11 Å². The van der Waals surface area contributed by atoms with Crippen molar-refractivity contribution < 1.29 is 23.8 Å². The molecule has 1 aromatic rings. The third kappa shape index (κ3) is 2.95. The van der Waals surface area contributed by atoms with Crippen LogP contribution < -0.4 is 10.2 Å². The largest absolute Gasteiger partial charge is 0.478 e. The normalized spacial score (nSPS) is 17.9. The van der Waals surface area contributed by atoms with Crippen molar-refractivity contribution in [2.75, 3.05) is 25.1 Å². The summed E-state index contributed by atoms with van der Waals surface area (Å²) in [6.07, 6.45) is 1.07. The van der Waals surface area contributed by atoms with Gasteiger partial charge in [0.1, 0.15) is 17.2 Å². The first kappa shape index (κ1) is 14.0. The Morgan fingerprint density at radius 2 is 2.35 bits per heavy atom. The van der Waals surface area contributed by atoms with Crippen molar-refractivity contribution in [3.05, 3.63) is 23.6 Å². The molecule has 20 heavy (non-hydrogen) atoms. The van der Waals surface area contributed by atoms with Crippen LogP contribution in [0.2, 0.25) is 0 Å². The number of halogens is 1. The molecule has 0 bridgehead atoms. The number of aromatic carboxylic acids is 1. The van der Waals surface area contributed by atoms with Gasteiger partial charge in [0.05, 0.1) is 19.3 Å². The molecular weight excluding hydrogens is 269 g/mol. The Bertz CT molecular complexity index is 537. The first-order valence-electron chi connectivity index (χ1n) is 5.99. The number of nitrogens with one attached hydrogen (secondary N) is 1. The Morgan fingerprint density at radius 3 is 3.00 bits per heavy atom. The van der Waals surface area contributed by atoms with Crippen LogP contribution in [0.25, 0.3) is 0 Å². The topological polar surface area (TPSA) is 91.8 Å². The van der Waals surface area contributed by atoms with E-state index in [0.717, 1.165) is 12.3 Å². The number of carbonyl (C=O) groups excluding carboxylic acids is 1. The van der Waals surface area contributed by atoms with Gasteiger partial charge in [-0.3, -0.25) is 0 Å². The summed E-state index contributed by atoms with van der Waals surface area (Å²) in [5.74, 6) is -1.74. The minimum absolute atomic E-state index is 0.157. The maximum atomic E-state index is 13.1. The van der Waals surface area contributed by atoms with Crippen LogP contribution in [0.4, 0.5) is 15.0 Å². The van der Waals surface area contributed by atoms with E-state index in [0.29, 0.717) is 19.5 Å². The third-order valence-electron chi connectivity index (χ3n) is 3.06. The van der Waals surface area contributed by atoms with Crippen LogP contribution in [0.3, 0.4) is 0 Å². The molecule has 2 N–H and O–H groups in total. The Kier molecular flexibility index (Phi) is 4.02. The van der Waals surface area contributed by atoms with Gasteiger partial charge in [0.2, 0.25) is 0 Å². The average Bonchev–Trinajstić information content (AvgIpc) is 2.86. The zero-order valence-corrected chi connectivity index (χ0v) is 10.8. The number of aromatic nitrogens is 1. The quantitative estimate of drug-likeness (QED) is 0.854. The molecule has 1 aliphatic heterocycles. The predicted octanol–water partition coefficient (Wildman–Crippen LogP) is 0.854. The molecule has 0 aromatic carbocycles. The maximum absolute atomic E-state index is 13.1. The van der Waals surface area contributed by atoms with E-state index in [1.54, 1.807) is 4.90 Å². The average molecular weight is 283 g/mol. The molecule has 1 fully saturated rings. The van der Waals surface area contributed by atoms with Crippen LogP contribution >= 0.6 is 0 Å². The van der Waals surface area contributed by atoms with Gasteiger partial charge in [-0.15, -0.1) is 0 Å². The highest BCUT2D eigenvalue weighted by molar-refractivity contribution is 5.93. The molecule has 0 aliphatic carbocycles. The summed E-state index contributed by atoms with van der Waals surface area (Å²) in [5.41, 5.74) is -0.191. The van der Waals surface area contributed by atoms with Crippen molar-refractivity contribution in [2.24, 2.45) is 0 Å². The van der Waals surface area contributed by atoms with E-state index < -0.39 is 17.9 Å². The maximum Gasteiger partial charge on any atom is 0.407 e. The lowest BCUT2D eigenvalue weighted by atomic mass is 10.2. The summed E-state index contributed by atoms with van der Waals surface area (Å²) in [5, 5.41) is 11.7. The number of carboxylic acids is 1. The SMILES string of the molecule is COC(=O)NC1CCN(c2ncc(F)cc2C(=O)O)C1. The van der Waals surface area contributed by atoms with Gasteiger partial charge in [0.25, 0.3) is 0 Å². The van der Waals surface area contributed by atoms with Gasteiger partial charge in [-0.05, 0) is 12.5 Å². The lowest BCUT2D eigenvalue weighted by Gasteiger charge is -2.19. The van der Waals surface area contributed by atoms with E-state index in [1.165, 1.54) is 7.11 Å². The van der Waals surface area contributed by atoms with Gasteiger partial charge in [-0.25, -0.2) is 19.0 Å². The standard InChI is InChI=1S/C12H14FN3O4/c1-20-12(19)15-8-2-3-16(6-8)10-9(11(17)18)4-7(13)5-14-10/h4-5,8H,2-3,6H2,1H3,(H,15,19)(H,17,18). The van der Waals surface area contributed by atoms with Crippen molar-refractivity contribution in [1.82, 2.24) is 10.3 Å². The first-order chi connectivity index (χ1) is 9.51. The molecule has 0 saturated carbocycles. The van der Waals surface area contributed by atoms with E-state index in [-0.39, 0.29) is 17.4 Å². The summed E-state index contributed by atoms with van der Waals surface area (Å²) in [6, 6.07) is 0.780. The predicted molar refractivity (Wildman–Crippen MR) is 67.3 cm³/mol. The molecule has 1 aromatic heterocycles. The van der Waals surface area contributed by atoms with E-state index in [9.17, 15) is 14.0 Å². The van der Waals surface area contributed by atoms with Crippen LogP contribution in [0.15, 0.2) is 12.3 Å². The van der Waals surface area contributed by atoms with Crippen LogP contribution in [0.5, 0.6) is 0 Å². The van der Waals surface area contributed by atoms with Crippen molar-refractivity contribution in [3.63, 3.8) is 0 Å². The fourth-order valence-electron chi connectivity index (χ4n) is 2.14. The number of methoxy groups -OCH3 is 1. The number of rotatable bonds is 3. The molecule has 2 rings (SSSR count). The summed E-state index contributed by atoms with van der Waals surface area (Å²) in [4.78, 5) is 27.8. The van der Waals surface area contributed by atoms with E-state index in [2.05, 4.69) is 15.0 Å². The highest BCUT2D eigenvalue weighted by atomic mass is 19.1. The molecule has 0 radical (unpaired) electrons. The first-order valence-corrected chi connectivity index (χ1v) is 5.99. The van der Waals surface area contributed by atoms with Crippen molar-refractivity contribution >= 4 is 17.9 Å². The van der Waals surface area contributed by atoms with Gasteiger partial charge in [0.15, 0.2) is 0 Å². The molecular formula is C12H14FN3O4. The molecule has 1 atom stereocenters. The summed E-state index contributed by atoms with van der Waals surface area (Å²) >= 11 is 0. The second-order valence-electron chi connectivity index (χ2n) is 4.40. The van der Waals surface area contributed by atoms with Crippen LogP contribution in [0.1, 0.15) is 16.8 Å². The second kappa shape index (κ2) is 5.72. The number of anilines is 1. The fraction of sp³-hybridized carbons (Fsp3) is 0.417. The number of alkyl carbamates (subject to hydrolysis) is 1. The molecule has 8 heteroatoms. The monoisotopic (exact) mass is 283 g/mol. The van der Waals surface area contributed by atoms with Gasteiger partial charge in [0, 0.05) is 13.1 Å². The van der Waals surface area contributed by atoms with Crippen molar-refractivity contribution in [2.45, 2.75) is 12.5 Å². The summed E-state index contributed by atoms with van der Waals surface area (Å²) in [7, 11) is 1.27. The highest BCUT2D eigenvalue weighted by Gasteiger charge is 2.28. The van der Waals surface area contributed by atoms with E-state index in [1.807, 2.05) is 0 Å². The summed E-state index contributed by atoms with van der Waals surface area (Å²) in [6.45, 7) is 0.918. The number of hydrogen-bond donors (Lipinski definition) is 2. The Balaban J connectivity index is 2.14. The number of carbonyl (C=O) groups is 2. The van der Waals surface area contributed by atoms with Crippen molar-refractivity contribution in [3.8, 4) is 0 Å². The fourth-order valence-corrected chi connectivity index (χ4v) is 2.14. The Hall–Kier alpha value is -2.38. The Morgan fingerprint density at radius 1 is 1.60 bits per heavy atom. The third-order valence-corrected chi connectivity index (χ3v) is 3.06. The zero-order chi connectivity index (χ0) is 14.7. The molecule has 108 valence electrons. The van der Waals surface area contributed by atoms with Crippen LogP contribution in [-0.2, 0) is 4.74 Å². The highest BCUT2D eigenvalue weighted by Crippen LogP contribution is 2.23. The van der Waals surface area contributed by atoms with Crippen molar-refractivity contribution in [1.29, 1.82) is 0 Å². The van der Waals surface area contributed by atoms with Gasteiger partial charge >= 0.3 is 12.1 Å². The second-order valence-corrected chi connectivity index (χ2v) is 4.40. The number of nitrogens with zero attached hydrogens (tertiary/aromatic N) is 2. The molecule has 2 heterocycles. The smallest absolute Gasteiger partial charge is 0.407 e. The molecule has 1 aliphatic rings. The number of pyridine rings is 1. The van der Waals surface area contributed by atoms with Gasteiger partial charge < -0.3 is 20.1 Å². The molecule has 1 amide bonds. The molecule has 0 spiro atoms. The minimum Gasteiger partial charge on any atom is -0.478 e. The van der Waals surface area contributed by atoms with Crippen LogP contribution in [0, 0.1) is 5.82 Å². The number of carboxylic acid groups (broad SMARTS) is 1. The number of ether oxygens (including phenoxy) is 1. The van der Waals surface area contributed by atoms with Gasteiger partial charge in [-0.2, -0.15) is 0 Å².